The monoisotopic (exact) mass is 172 g/mol. The third-order valence-electron chi connectivity index (χ3n) is 1.78. The van der Waals surface area contributed by atoms with E-state index >= 15 is 0 Å². The van der Waals surface area contributed by atoms with Crippen molar-refractivity contribution in [3.63, 3.8) is 0 Å². The molecule has 12 heavy (non-hydrogen) atoms. The second-order valence-corrected chi connectivity index (χ2v) is 3.13. The summed E-state index contributed by atoms with van der Waals surface area (Å²) in [4.78, 5) is 23.1. The van der Waals surface area contributed by atoms with E-state index in [1.54, 1.807) is 21.0 Å². The highest BCUT2D eigenvalue weighted by atomic mass is 16.2. The van der Waals surface area contributed by atoms with Crippen LogP contribution in [0.2, 0.25) is 0 Å². The molecule has 0 aromatic heterocycles. The number of carbonyl (C=O) groups excluding carboxylic acids is 2. The molecule has 70 valence electrons. The van der Waals surface area contributed by atoms with Crippen LogP contribution in [-0.4, -0.2) is 30.8 Å². The van der Waals surface area contributed by atoms with Gasteiger partial charge in [0.05, 0.1) is 0 Å². The fourth-order valence-electron chi connectivity index (χ4n) is 0.706. The number of nitrogens with two attached hydrogens (primary N) is 1. The average Bonchev–Trinajstić information content (AvgIpc) is 1.98. The van der Waals surface area contributed by atoms with Crippen LogP contribution >= 0.6 is 0 Å². The van der Waals surface area contributed by atoms with Gasteiger partial charge in [-0.15, -0.1) is 0 Å². The van der Waals surface area contributed by atoms with Gasteiger partial charge in [0.25, 0.3) is 0 Å². The zero-order valence-electron chi connectivity index (χ0n) is 7.83. The van der Waals surface area contributed by atoms with E-state index in [-0.39, 0.29) is 17.7 Å². The molecule has 0 radical (unpaired) electrons. The molecule has 1 unspecified atom stereocenters. The molecule has 0 saturated carbocycles. The summed E-state index contributed by atoms with van der Waals surface area (Å²) in [5.41, 5.74) is 5.03. The molecule has 2 N–H and O–H groups in total. The molecule has 4 heteroatoms. The van der Waals surface area contributed by atoms with Crippen LogP contribution in [0.15, 0.2) is 0 Å². The molecule has 0 aromatic carbocycles. The molecule has 2 amide bonds. The van der Waals surface area contributed by atoms with Crippen molar-refractivity contribution in [3.8, 4) is 0 Å². The van der Waals surface area contributed by atoms with E-state index in [0.29, 0.717) is 12.8 Å². The highest BCUT2D eigenvalue weighted by molar-refractivity contribution is 5.79. The van der Waals surface area contributed by atoms with E-state index in [9.17, 15) is 9.59 Å². The first-order valence-corrected chi connectivity index (χ1v) is 3.94. The van der Waals surface area contributed by atoms with Crippen LogP contribution in [0.5, 0.6) is 0 Å². The summed E-state index contributed by atoms with van der Waals surface area (Å²) in [5.74, 6) is -0.529. The first-order chi connectivity index (χ1) is 5.45. The van der Waals surface area contributed by atoms with E-state index < -0.39 is 0 Å². The third-order valence-corrected chi connectivity index (χ3v) is 1.78. The van der Waals surface area contributed by atoms with Crippen LogP contribution in [0.3, 0.4) is 0 Å². The molecule has 0 fully saturated rings. The van der Waals surface area contributed by atoms with Crippen molar-refractivity contribution in [2.45, 2.75) is 19.8 Å². The van der Waals surface area contributed by atoms with E-state index in [1.807, 2.05) is 0 Å². The van der Waals surface area contributed by atoms with Gasteiger partial charge in [-0.25, -0.2) is 0 Å². The van der Waals surface area contributed by atoms with Crippen LogP contribution in [0.4, 0.5) is 0 Å². The molecular formula is C8H16N2O2. The van der Waals surface area contributed by atoms with Crippen LogP contribution in [-0.2, 0) is 9.59 Å². The van der Waals surface area contributed by atoms with E-state index in [2.05, 4.69) is 0 Å². The lowest BCUT2D eigenvalue weighted by molar-refractivity contribution is -0.129. The molecule has 0 aliphatic heterocycles. The summed E-state index contributed by atoms with van der Waals surface area (Å²) >= 11 is 0. The highest BCUT2D eigenvalue weighted by Gasteiger charge is 2.11. The molecule has 0 spiro atoms. The predicted molar refractivity (Wildman–Crippen MR) is 46.3 cm³/mol. The minimum Gasteiger partial charge on any atom is -0.369 e. The van der Waals surface area contributed by atoms with Crippen LogP contribution in [0, 0.1) is 5.92 Å². The molecule has 0 aliphatic rings. The molecule has 0 rings (SSSR count). The van der Waals surface area contributed by atoms with Gasteiger partial charge in [-0.3, -0.25) is 9.59 Å². The molecule has 0 bridgehead atoms. The van der Waals surface area contributed by atoms with Gasteiger partial charge in [-0.05, 0) is 6.42 Å². The topological polar surface area (TPSA) is 63.4 Å². The third kappa shape index (κ3) is 3.95. The van der Waals surface area contributed by atoms with Gasteiger partial charge in [0.2, 0.25) is 11.8 Å². The van der Waals surface area contributed by atoms with Crippen molar-refractivity contribution in [3.05, 3.63) is 0 Å². The van der Waals surface area contributed by atoms with Gasteiger partial charge >= 0.3 is 0 Å². The Hall–Kier alpha value is -1.06. The minimum absolute atomic E-state index is 0.0306. The number of rotatable bonds is 4. The molecule has 0 heterocycles. The van der Waals surface area contributed by atoms with E-state index in [4.69, 9.17) is 5.73 Å². The summed E-state index contributed by atoms with van der Waals surface area (Å²) in [5, 5.41) is 0. The second kappa shape index (κ2) is 4.74. The van der Waals surface area contributed by atoms with Gasteiger partial charge in [0.15, 0.2) is 0 Å². The maximum atomic E-state index is 11.0. The van der Waals surface area contributed by atoms with Crippen LogP contribution in [0.1, 0.15) is 19.8 Å². The second-order valence-electron chi connectivity index (χ2n) is 3.13. The highest BCUT2D eigenvalue weighted by Crippen LogP contribution is 2.05. The van der Waals surface area contributed by atoms with Crippen molar-refractivity contribution in [1.29, 1.82) is 0 Å². The fourth-order valence-corrected chi connectivity index (χ4v) is 0.706. The maximum Gasteiger partial charge on any atom is 0.222 e. The number of carbonyl (C=O) groups is 2. The number of amides is 2. The Balaban J connectivity index is 3.69. The Morgan fingerprint density at radius 3 is 2.25 bits per heavy atom. The smallest absolute Gasteiger partial charge is 0.222 e. The Morgan fingerprint density at radius 2 is 1.92 bits per heavy atom. The Kier molecular flexibility index (Phi) is 4.33. The summed E-state index contributed by atoms with van der Waals surface area (Å²) in [6.45, 7) is 1.73. The average molecular weight is 172 g/mol. The standard InChI is InChI=1S/C8H16N2O2/c1-6(8(9)12)4-5-7(11)10(2)3/h6H,4-5H2,1-3H3,(H2,9,12). The van der Waals surface area contributed by atoms with Gasteiger partial charge in [0, 0.05) is 26.4 Å². The summed E-state index contributed by atoms with van der Waals surface area (Å²) in [7, 11) is 3.38. The first kappa shape index (κ1) is 10.9. The molecule has 1 atom stereocenters. The summed E-state index contributed by atoms with van der Waals surface area (Å²) < 4.78 is 0. The Labute approximate surface area is 72.7 Å². The van der Waals surface area contributed by atoms with Crippen molar-refractivity contribution in [2.24, 2.45) is 11.7 Å². The van der Waals surface area contributed by atoms with Crippen molar-refractivity contribution in [1.82, 2.24) is 4.90 Å². The number of hydrogen-bond acceptors (Lipinski definition) is 2. The zero-order chi connectivity index (χ0) is 9.72. The van der Waals surface area contributed by atoms with Crippen LogP contribution < -0.4 is 5.73 Å². The number of primary amides is 1. The maximum absolute atomic E-state index is 11.0. The first-order valence-electron chi connectivity index (χ1n) is 3.94. The zero-order valence-corrected chi connectivity index (χ0v) is 7.83. The van der Waals surface area contributed by atoms with Crippen molar-refractivity contribution >= 4 is 11.8 Å². The minimum atomic E-state index is -0.346. The fraction of sp³-hybridized carbons (Fsp3) is 0.750. The van der Waals surface area contributed by atoms with Crippen molar-refractivity contribution in [2.75, 3.05) is 14.1 Å². The largest absolute Gasteiger partial charge is 0.369 e. The van der Waals surface area contributed by atoms with E-state index in [1.165, 1.54) is 4.90 Å². The van der Waals surface area contributed by atoms with Gasteiger partial charge in [-0.1, -0.05) is 6.92 Å². The molecule has 0 saturated heterocycles. The summed E-state index contributed by atoms with van der Waals surface area (Å²) in [6.07, 6.45) is 0.920. The van der Waals surface area contributed by atoms with Gasteiger partial charge in [0.1, 0.15) is 0 Å². The molecule has 0 aliphatic carbocycles. The molecule has 4 nitrogen and oxygen atoms in total. The van der Waals surface area contributed by atoms with Crippen molar-refractivity contribution < 1.29 is 9.59 Å². The molecule has 0 aromatic rings. The number of nitrogens with zero attached hydrogens (tertiary/aromatic N) is 1. The number of hydrogen-bond donors (Lipinski definition) is 1. The SMILES string of the molecule is CC(CCC(=O)N(C)C)C(N)=O. The lowest BCUT2D eigenvalue weighted by Gasteiger charge is -2.11. The van der Waals surface area contributed by atoms with Crippen LogP contribution in [0.25, 0.3) is 0 Å². The molecular weight excluding hydrogens is 156 g/mol. The Morgan fingerprint density at radius 1 is 1.42 bits per heavy atom. The normalized spacial score (nSPS) is 12.2. The predicted octanol–water partition coefficient (Wildman–Crippen LogP) is -0.0238. The lowest BCUT2D eigenvalue weighted by Crippen LogP contribution is -2.25. The van der Waals surface area contributed by atoms with Gasteiger partial charge < -0.3 is 10.6 Å². The Bertz CT molecular complexity index is 178. The van der Waals surface area contributed by atoms with E-state index in [0.717, 1.165) is 0 Å². The quantitative estimate of drug-likeness (QED) is 0.647. The lowest BCUT2D eigenvalue weighted by atomic mass is 10.1. The summed E-state index contributed by atoms with van der Waals surface area (Å²) in [6, 6.07) is 0. The van der Waals surface area contributed by atoms with Gasteiger partial charge in [-0.2, -0.15) is 0 Å².